The fourth-order valence-corrected chi connectivity index (χ4v) is 1.45. The van der Waals surface area contributed by atoms with E-state index in [1.807, 2.05) is 0 Å². The van der Waals surface area contributed by atoms with Gasteiger partial charge >= 0.3 is 6.09 Å². The molecule has 1 N–H and O–H groups in total. The van der Waals surface area contributed by atoms with Crippen molar-refractivity contribution in [3.63, 3.8) is 0 Å². The third-order valence-corrected chi connectivity index (χ3v) is 2.38. The van der Waals surface area contributed by atoms with Gasteiger partial charge in [0.2, 0.25) is 0 Å². The van der Waals surface area contributed by atoms with E-state index in [2.05, 4.69) is 10.3 Å². The molecule has 0 aliphatic heterocycles. The molecule has 104 valence electrons. The molecule has 0 unspecified atom stereocenters. The predicted molar refractivity (Wildman–Crippen MR) is 72.1 cm³/mol. The van der Waals surface area contributed by atoms with Gasteiger partial charge in [0.15, 0.2) is 5.78 Å². The number of pyridine rings is 1. The second-order valence-electron chi connectivity index (χ2n) is 5.35. The summed E-state index contributed by atoms with van der Waals surface area (Å²) in [5, 5.41) is 2.66. The summed E-state index contributed by atoms with van der Waals surface area (Å²) in [6.45, 7) is 9.02. The van der Waals surface area contributed by atoms with E-state index >= 15 is 0 Å². The first kappa shape index (κ1) is 15.1. The van der Waals surface area contributed by atoms with Crippen LogP contribution < -0.4 is 5.32 Å². The molecule has 0 saturated carbocycles. The molecule has 1 rings (SSSR count). The average Bonchev–Trinajstić information content (AvgIpc) is 2.24. The molecule has 0 spiro atoms. The highest BCUT2D eigenvalue weighted by Crippen LogP contribution is 2.09. The summed E-state index contributed by atoms with van der Waals surface area (Å²) < 4.78 is 5.14. The van der Waals surface area contributed by atoms with Gasteiger partial charge in [-0.2, -0.15) is 0 Å². The maximum atomic E-state index is 11.5. The minimum atomic E-state index is -0.518. The fourth-order valence-electron chi connectivity index (χ4n) is 1.45. The third kappa shape index (κ3) is 5.07. The van der Waals surface area contributed by atoms with Crippen LogP contribution in [-0.2, 0) is 11.3 Å². The molecular weight excluding hydrogens is 244 g/mol. The molecule has 5 nitrogen and oxygen atoms in total. The number of nitrogens with one attached hydrogen (secondary N) is 1. The smallest absolute Gasteiger partial charge is 0.407 e. The van der Waals surface area contributed by atoms with Crippen LogP contribution in [0.5, 0.6) is 0 Å². The van der Waals surface area contributed by atoms with Crippen molar-refractivity contribution in [2.75, 3.05) is 0 Å². The molecule has 0 fully saturated rings. The Hall–Kier alpha value is -1.91. The summed E-state index contributed by atoms with van der Waals surface area (Å²) in [6.07, 6.45) is -0.470. The minimum Gasteiger partial charge on any atom is -0.444 e. The lowest BCUT2D eigenvalue weighted by Gasteiger charge is -2.19. The number of aryl methyl sites for hydroxylation is 1. The maximum absolute atomic E-state index is 11.5. The molecule has 1 heterocycles. The topological polar surface area (TPSA) is 68.3 Å². The van der Waals surface area contributed by atoms with E-state index in [1.165, 1.54) is 6.92 Å². The van der Waals surface area contributed by atoms with E-state index < -0.39 is 11.7 Å². The van der Waals surface area contributed by atoms with Crippen LogP contribution in [0.25, 0.3) is 0 Å². The van der Waals surface area contributed by atoms with Crippen molar-refractivity contribution in [1.29, 1.82) is 0 Å². The largest absolute Gasteiger partial charge is 0.444 e. The van der Waals surface area contributed by atoms with Gasteiger partial charge in [-0.25, -0.2) is 9.78 Å². The second kappa shape index (κ2) is 5.82. The van der Waals surface area contributed by atoms with Crippen molar-refractivity contribution in [1.82, 2.24) is 10.3 Å². The zero-order chi connectivity index (χ0) is 14.6. The number of amides is 1. The highest BCUT2D eigenvalue weighted by molar-refractivity contribution is 5.92. The van der Waals surface area contributed by atoms with Crippen molar-refractivity contribution in [3.05, 3.63) is 29.1 Å². The Bertz CT molecular complexity index is 490. The average molecular weight is 264 g/mol. The van der Waals surface area contributed by atoms with Gasteiger partial charge in [0.25, 0.3) is 0 Å². The second-order valence-corrected chi connectivity index (χ2v) is 5.35. The number of hydrogen-bond acceptors (Lipinski definition) is 4. The van der Waals surface area contributed by atoms with Gasteiger partial charge < -0.3 is 10.1 Å². The summed E-state index contributed by atoms with van der Waals surface area (Å²) in [6, 6.07) is 3.44. The summed E-state index contributed by atoms with van der Waals surface area (Å²) in [7, 11) is 0. The van der Waals surface area contributed by atoms with E-state index in [9.17, 15) is 9.59 Å². The third-order valence-electron chi connectivity index (χ3n) is 2.38. The number of carbonyl (C=O) groups excluding carboxylic acids is 2. The van der Waals surface area contributed by atoms with Crippen LogP contribution in [-0.4, -0.2) is 22.5 Å². The number of Topliss-reactive ketones (excluding diaryl/α,β-unsaturated/α-hetero) is 1. The molecule has 0 atom stereocenters. The Kier molecular flexibility index (Phi) is 4.64. The highest BCUT2D eigenvalue weighted by Gasteiger charge is 2.16. The molecule has 0 aromatic carbocycles. The van der Waals surface area contributed by atoms with E-state index in [0.717, 1.165) is 11.3 Å². The summed E-state index contributed by atoms with van der Waals surface area (Å²) >= 11 is 0. The van der Waals surface area contributed by atoms with Gasteiger partial charge in [0.1, 0.15) is 11.3 Å². The molecular formula is C14H20N2O3. The molecule has 5 heteroatoms. The number of ketones is 1. The number of ether oxygens (including phenoxy) is 1. The molecule has 1 aromatic rings. The Morgan fingerprint density at radius 2 is 1.95 bits per heavy atom. The monoisotopic (exact) mass is 264 g/mol. The van der Waals surface area contributed by atoms with E-state index in [0.29, 0.717) is 12.2 Å². The van der Waals surface area contributed by atoms with E-state index in [1.54, 1.807) is 39.8 Å². The Morgan fingerprint density at radius 1 is 1.32 bits per heavy atom. The molecule has 19 heavy (non-hydrogen) atoms. The molecule has 0 saturated heterocycles. The van der Waals surface area contributed by atoms with Gasteiger partial charge in [-0.3, -0.25) is 4.79 Å². The van der Waals surface area contributed by atoms with Crippen molar-refractivity contribution in [3.8, 4) is 0 Å². The van der Waals surface area contributed by atoms with E-state index in [-0.39, 0.29) is 5.78 Å². The zero-order valence-electron chi connectivity index (χ0n) is 12.0. The number of carbonyl (C=O) groups is 2. The molecule has 0 aliphatic carbocycles. The fraction of sp³-hybridized carbons (Fsp3) is 0.500. The van der Waals surface area contributed by atoms with E-state index in [4.69, 9.17) is 4.74 Å². The number of alkyl carbamates (subject to hydrolysis) is 1. The summed E-state index contributed by atoms with van der Waals surface area (Å²) in [5.74, 6) is -0.0743. The number of aromatic nitrogens is 1. The van der Waals surface area contributed by atoms with Crippen LogP contribution in [0.2, 0.25) is 0 Å². The van der Waals surface area contributed by atoms with Crippen LogP contribution >= 0.6 is 0 Å². The standard InChI is InChI=1S/C14H20N2O3/c1-9-11(6-7-12(16-9)10(2)17)8-15-13(18)19-14(3,4)5/h6-7H,8H2,1-5H3,(H,15,18). The van der Waals surface area contributed by atoms with Gasteiger partial charge in [0.05, 0.1) is 0 Å². The van der Waals surface area contributed by atoms with Gasteiger partial charge in [-0.05, 0) is 39.3 Å². The molecule has 0 aliphatic rings. The molecule has 0 radical (unpaired) electrons. The summed E-state index contributed by atoms with van der Waals surface area (Å²) in [4.78, 5) is 26.9. The molecule has 0 bridgehead atoms. The van der Waals surface area contributed by atoms with Gasteiger partial charge in [0, 0.05) is 19.2 Å². The Labute approximate surface area is 113 Å². The van der Waals surface area contributed by atoms with Crippen molar-refractivity contribution in [2.24, 2.45) is 0 Å². The summed E-state index contributed by atoms with van der Waals surface area (Å²) in [5.41, 5.74) is 1.49. The van der Waals surface area contributed by atoms with Gasteiger partial charge in [-0.15, -0.1) is 0 Å². The van der Waals surface area contributed by atoms with Crippen LogP contribution in [0, 0.1) is 6.92 Å². The quantitative estimate of drug-likeness (QED) is 0.852. The zero-order valence-corrected chi connectivity index (χ0v) is 12.0. The van der Waals surface area contributed by atoms with Crippen LogP contribution in [0.15, 0.2) is 12.1 Å². The Balaban J connectivity index is 2.64. The lowest BCUT2D eigenvalue weighted by atomic mass is 10.1. The first-order valence-corrected chi connectivity index (χ1v) is 6.13. The van der Waals surface area contributed by atoms with Crippen LogP contribution in [0.4, 0.5) is 4.79 Å². The van der Waals surface area contributed by atoms with Crippen molar-refractivity contribution in [2.45, 2.75) is 46.8 Å². The number of nitrogens with zero attached hydrogens (tertiary/aromatic N) is 1. The molecule has 1 aromatic heterocycles. The lowest BCUT2D eigenvalue weighted by molar-refractivity contribution is 0.0523. The Morgan fingerprint density at radius 3 is 2.42 bits per heavy atom. The van der Waals surface area contributed by atoms with Crippen LogP contribution in [0.3, 0.4) is 0 Å². The maximum Gasteiger partial charge on any atom is 0.407 e. The lowest BCUT2D eigenvalue weighted by Crippen LogP contribution is -2.32. The molecule has 1 amide bonds. The predicted octanol–water partition coefficient (Wildman–Crippen LogP) is 2.62. The number of hydrogen-bond donors (Lipinski definition) is 1. The minimum absolute atomic E-state index is 0.0743. The highest BCUT2D eigenvalue weighted by atomic mass is 16.6. The normalized spacial score (nSPS) is 11.0. The first-order chi connectivity index (χ1) is 8.69. The number of rotatable bonds is 3. The SMILES string of the molecule is CC(=O)c1ccc(CNC(=O)OC(C)(C)C)c(C)n1. The van der Waals surface area contributed by atoms with Gasteiger partial charge in [-0.1, -0.05) is 6.07 Å². The van der Waals surface area contributed by atoms with Crippen molar-refractivity contribution >= 4 is 11.9 Å². The van der Waals surface area contributed by atoms with Crippen LogP contribution in [0.1, 0.15) is 49.4 Å². The van der Waals surface area contributed by atoms with Crippen molar-refractivity contribution < 1.29 is 14.3 Å². The first-order valence-electron chi connectivity index (χ1n) is 6.13.